The van der Waals surface area contributed by atoms with Gasteiger partial charge in [0.2, 0.25) is 0 Å². The molecule has 0 spiro atoms. The van der Waals surface area contributed by atoms with Crippen LogP contribution in [0.25, 0.3) is 0 Å². The molecule has 0 saturated heterocycles. The van der Waals surface area contributed by atoms with Gasteiger partial charge in [0.1, 0.15) is 19.3 Å². The number of hydrogen-bond acceptors (Lipinski definition) is 7. The van der Waals surface area contributed by atoms with Crippen LogP contribution in [0.1, 0.15) is 168 Å². The lowest BCUT2D eigenvalue weighted by molar-refractivity contribution is -0.152. The van der Waals surface area contributed by atoms with Crippen LogP contribution in [0, 0.1) is 0 Å². The number of aliphatic hydroxyl groups excluding tert-OH is 3. The minimum atomic E-state index is -1.07. The highest BCUT2D eigenvalue weighted by Gasteiger charge is 2.16. The number of carbonyl (C=O) groups excluding carboxylic acids is 2. The third-order valence-corrected chi connectivity index (χ3v) is 8.08. The second-order valence-electron chi connectivity index (χ2n) is 12.7. The van der Waals surface area contributed by atoms with E-state index >= 15 is 0 Å². The molecule has 7 heteroatoms. The topological polar surface area (TPSA) is 113 Å². The third kappa shape index (κ3) is 32.0. The highest BCUT2D eigenvalue weighted by molar-refractivity contribution is 5.69. The van der Waals surface area contributed by atoms with Crippen molar-refractivity contribution in [2.75, 3.05) is 13.2 Å². The molecule has 0 aliphatic rings. The Morgan fingerprint density at radius 2 is 0.957 bits per heavy atom. The van der Waals surface area contributed by atoms with Gasteiger partial charge in [-0.25, -0.2) is 0 Å². The quantitative estimate of drug-likeness (QED) is 0.0369. The zero-order valence-electron chi connectivity index (χ0n) is 29.6. The molecule has 46 heavy (non-hydrogen) atoms. The Hall–Kier alpha value is -1.96. The average molecular weight is 651 g/mol. The molecule has 3 atom stereocenters. The molecular weight excluding hydrogens is 580 g/mol. The van der Waals surface area contributed by atoms with E-state index in [0.29, 0.717) is 19.3 Å². The number of rotatable bonds is 33. The van der Waals surface area contributed by atoms with Crippen LogP contribution in [0.2, 0.25) is 0 Å². The molecule has 0 aromatic carbocycles. The number of allylic oxidation sites excluding steroid dienone is 5. The Bertz CT molecular complexity index is 776. The monoisotopic (exact) mass is 651 g/mol. The standard InChI is InChI=1S/C39H70O7/c1-3-5-7-9-11-13-15-17-19-21-23-25-27-31-38(43)45-33-35(40)34-46-39(44)32-28-30-37(42)36(41)29-26-24-22-20-18-16-14-12-10-8-6-4-2/h12,14,18,20,24,26,35-37,40-42H,3-11,13,15-17,19,21-23,25,27-34H2,1-2H3/b14-12-,20-18-,26-24-/t35-,36?,37?/m0/s1. The molecule has 0 bridgehead atoms. The van der Waals surface area contributed by atoms with Gasteiger partial charge in [0, 0.05) is 12.8 Å². The zero-order chi connectivity index (χ0) is 33.9. The summed E-state index contributed by atoms with van der Waals surface area (Å²) in [5.41, 5.74) is 0. The zero-order valence-corrected chi connectivity index (χ0v) is 29.6. The Morgan fingerprint density at radius 1 is 0.522 bits per heavy atom. The molecule has 0 aliphatic heterocycles. The minimum absolute atomic E-state index is 0.0724. The van der Waals surface area contributed by atoms with E-state index in [-0.39, 0.29) is 32.0 Å². The van der Waals surface area contributed by atoms with Crippen LogP contribution in [-0.2, 0) is 19.1 Å². The molecule has 7 nitrogen and oxygen atoms in total. The highest BCUT2D eigenvalue weighted by atomic mass is 16.6. The van der Waals surface area contributed by atoms with Crippen molar-refractivity contribution in [2.45, 2.75) is 186 Å². The summed E-state index contributed by atoms with van der Waals surface area (Å²) < 4.78 is 10.2. The second-order valence-corrected chi connectivity index (χ2v) is 12.7. The van der Waals surface area contributed by atoms with E-state index in [0.717, 1.165) is 38.5 Å². The van der Waals surface area contributed by atoms with Crippen molar-refractivity contribution < 1.29 is 34.4 Å². The van der Waals surface area contributed by atoms with Crippen molar-refractivity contribution in [1.82, 2.24) is 0 Å². The van der Waals surface area contributed by atoms with E-state index in [1.165, 1.54) is 83.5 Å². The second kappa shape index (κ2) is 34.4. The summed E-state index contributed by atoms with van der Waals surface area (Å²) in [6, 6.07) is 0. The van der Waals surface area contributed by atoms with Gasteiger partial charge >= 0.3 is 11.9 Å². The maximum Gasteiger partial charge on any atom is 0.305 e. The van der Waals surface area contributed by atoms with E-state index in [2.05, 4.69) is 38.2 Å². The molecule has 0 aromatic rings. The van der Waals surface area contributed by atoms with Crippen molar-refractivity contribution in [3.05, 3.63) is 36.5 Å². The van der Waals surface area contributed by atoms with Gasteiger partial charge in [-0.3, -0.25) is 9.59 Å². The molecule has 0 heterocycles. The summed E-state index contributed by atoms with van der Waals surface area (Å²) in [4.78, 5) is 23.9. The van der Waals surface area contributed by atoms with Gasteiger partial charge in [-0.2, -0.15) is 0 Å². The van der Waals surface area contributed by atoms with Crippen molar-refractivity contribution in [3.63, 3.8) is 0 Å². The summed E-state index contributed by atoms with van der Waals surface area (Å²) in [7, 11) is 0. The van der Waals surface area contributed by atoms with Crippen molar-refractivity contribution in [2.24, 2.45) is 0 Å². The summed E-state index contributed by atoms with van der Waals surface area (Å²) in [6.45, 7) is 4.01. The highest BCUT2D eigenvalue weighted by Crippen LogP contribution is 2.14. The number of unbranched alkanes of at least 4 members (excludes halogenated alkanes) is 15. The summed E-state index contributed by atoms with van der Waals surface area (Å²) in [5, 5.41) is 30.3. The number of aliphatic hydroxyl groups is 3. The Kier molecular flexibility index (Phi) is 32.9. The van der Waals surface area contributed by atoms with Gasteiger partial charge in [0.05, 0.1) is 12.2 Å². The SMILES string of the molecule is CCCCC/C=C\C/C=C\C/C=C\CC(O)C(O)CCCC(=O)OC[C@@H](O)COC(=O)CCCCCCCCCCCCCCC. The molecule has 0 aromatic heterocycles. The largest absolute Gasteiger partial charge is 0.463 e. The van der Waals surface area contributed by atoms with Crippen LogP contribution in [-0.4, -0.2) is 58.8 Å². The summed E-state index contributed by atoms with van der Waals surface area (Å²) in [6.07, 6.45) is 33.8. The number of carbonyl (C=O) groups is 2. The predicted molar refractivity (Wildman–Crippen MR) is 190 cm³/mol. The number of esters is 2. The van der Waals surface area contributed by atoms with Crippen LogP contribution >= 0.6 is 0 Å². The van der Waals surface area contributed by atoms with Crippen molar-refractivity contribution in [3.8, 4) is 0 Å². The molecule has 0 fully saturated rings. The molecule has 0 amide bonds. The van der Waals surface area contributed by atoms with Gasteiger partial charge in [0.15, 0.2) is 0 Å². The average Bonchev–Trinajstić information content (AvgIpc) is 3.05. The van der Waals surface area contributed by atoms with E-state index in [1.54, 1.807) is 0 Å². The Morgan fingerprint density at radius 3 is 1.50 bits per heavy atom. The first-order chi connectivity index (χ1) is 22.4. The van der Waals surface area contributed by atoms with E-state index in [4.69, 9.17) is 9.47 Å². The lowest BCUT2D eigenvalue weighted by Gasteiger charge is -2.16. The fraction of sp³-hybridized carbons (Fsp3) is 0.795. The predicted octanol–water partition coefficient (Wildman–Crippen LogP) is 9.23. The fourth-order valence-corrected chi connectivity index (χ4v) is 5.07. The minimum Gasteiger partial charge on any atom is -0.463 e. The van der Waals surface area contributed by atoms with Gasteiger partial charge in [0.25, 0.3) is 0 Å². The smallest absolute Gasteiger partial charge is 0.305 e. The fourth-order valence-electron chi connectivity index (χ4n) is 5.07. The van der Waals surface area contributed by atoms with Crippen LogP contribution in [0.5, 0.6) is 0 Å². The number of ether oxygens (including phenoxy) is 2. The lowest BCUT2D eigenvalue weighted by atomic mass is 10.0. The Balaban J connectivity index is 3.70. The molecule has 0 radical (unpaired) electrons. The summed E-state index contributed by atoms with van der Waals surface area (Å²) in [5.74, 6) is -0.838. The Labute approximate surface area is 281 Å². The molecular formula is C39H70O7. The van der Waals surface area contributed by atoms with E-state index in [9.17, 15) is 24.9 Å². The number of hydrogen-bond donors (Lipinski definition) is 3. The van der Waals surface area contributed by atoms with Crippen LogP contribution in [0.4, 0.5) is 0 Å². The lowest BCUT2D eigenvalue weighted by Crippen LogP contribution is -2.26. The third-order valence-electron chi connectivity index (χ3n) is 8.08. The first-order valence-electron chi connectivity index (χ1n) is 18.7. The molecule has 0 rings (SSSR count). The van der Waals surface area contributed by atoms with Crippen LogP contribution < -0.4 is 0 Å². The summed E-state index contributed by atoms with van der Waals surface area (Å²) >= 11 is 0. The molecule has 2 unspecified atom stereocenters. The molecule has 0 saturated carbocycles. The van der Waals surface area contributed by atoms with E-state index < -0.39 is 24.3 Å². The molecule has 3 N–H and O–H groups in total. The maximum atomic E-state index is 12.0. The van der Waals surface area contributed by atoms with Crippen molar-refractivity contribution in [1.29, 1.82) is 0 Å². The van der Waals surface area contributed by atoms with E-state index in [1.807, 2.05) is 12.2 Å². The van der Waals surface area contributed by atoms with Gasteiger partial charge in [-0.1, -0.05) is 140 Å². The molecule has 0 aliphatic carbocycles. The first kappa shape index (κ1) is 44.0. The maximum absolute atomic E-state index is 12.0. The molecule has 268 valence electrons. The van der Waals surface area contributed by atoms with Gasteiger partial charge in [-0.05, 0) is 51.4 Å². The van der Waals surface area contributed by atoms with Crippen LogP contribution in [0.15, 0.2) is 36.5 Å². The normalized spacial score (nSPS) is 13.9. The van der Waals surface area contributed by atoms with Gasteiger partial charge < -0.3 is 24.8 Å². The first-order valence-corrected chi connectivity index (χ1v) is 18.7. The van der Waals surface area contributed by atoms with Crippen molar-refractivity contribution >= 4 is 11.9 Å². The van der Waals surface area contributed by atoms with Crippen LogP contribution in [0.3, 0.4) is 0 Å². The van der Waals surface area contributed by atoms with Gasteiger partial charge in [-0.15, -0.1) is 0 Å².